The fourth-order valence-electron chi connectivity index (χ4n) is 1.46. The summed E-state index contributed by atoms with van der Waals surface area (Å²) in [5.74, 6) is -0.688. The molecule has 0 bridgehead atoms. The maximum atomic E-state index is 12.1. The minimum atomic E-state index is -1.23. The highest BCUT2D eigenvalue weighted by atomic mass is 79.9. The van der Waals surface area contributed by atoms with Gasteiger partial charge in [0.15, 0.2) is 0 Å². The second kappa shape index (κ2) is 6.08. The number of nitrogens with zero attached hydrogens (tertiary/aromatic N) is 1. The Labute approximate surface area is 121 Å². The van der Waals surface area contributed by atoms with Gasteiger partial charge < -0.3 is 5.11 Å². The highest BCUT2D eigenvalue weighted by molar-refractivity contribution is 9.10. The molecule has 1 unspecified atom stereocenters. The van der Waals surface area contributed by atoms with E-state index in [1.807, 2.05) is 6.07 Å². The van der Waals surface area contributed by atoms with Crippen LogP contribution < -0.4 is 0 Å². The quantitative estimate of drug-likeness (QED) is 0.929. The summed E-state index contributed by atoms with van der Waals surface area (Å²) in [6, 6.07) is 9.67. The summed E-state index contributed by atoms with van der Waals surface area (Å²) >= 11 is 3.28. The van der Waals surface area contributed by atoms with Gasteiger partial charge in [-0.05, 0) is 52.3 Å². The third-order valence-electron chi connectivity index (χ3n) is 2.43. The maximum absolute atomic E-state index is 12.1. The van der Waals surface area contributed by atoms with E-state index >= 15 is 0 Å². The molecule has 98 valence electrons. The first-order chi connectivity index (χ1) is 9.06. The molecule has 0 aliphatic rings. The van der Waals surface area contributed by atoms with Crippen LogP contribution in [0.1, 0.15) is 16.1 Å². The Morgan fingerprint density at radius 2 is 1.89 bits per heavy atom. The van der Waals surface area contributed by atoms with Crippen molar-refractivity contribution in [1.29, 1.82) is 0 Å². The lowest BCUT2D eigenvalue weighted by atomic mass is 10.2. The molecule has 2 aromatic rings. The molecule has 1 aromatic heterocycles. The van der Waals surface area contributed by atoms with E-state index in [0.717, 1.165) is 10.2 Å². The van der Waals surface area contributed by atoms with Crippen LogP contribution in [-0.4, -0.2) is 20.3 Å². The van der Waals surface area contributed by atoms with Crippen molar-refractivity contribution >= 4 is 32.7 Å². The van der Waals surface area contributed by atoms with Gasteiger partial charge in [-0.15, -0.1) is 0 Å². The molecule has 1 heterocycles. The molecule has 0 radical (unpaired) electrons. The van der Waals surface area contributed by atoms with E-state index in [2.05, 4.69) is 20.9 Å². The number of carboxylic acids is 1. The molecule has 1 atom stereocenters. The number of halogens is 1. The molecule has 0 saturated carbocycles. The average Bonchev–Trinajstić information content (AvgIpc) is 2.41. The summed E-state index contributed by atoms with van der Waals surface area (Å²) < 4.78 is 13.0. The molecule has 0 aliphatic heterocycles. The Balaban J connectivity index is 2.11. The molecule has 0 aliphatic carbocycles. The summed E-state index contributed by atoms with van der Waals surface area (Å²) in [6.07, 6.45) is 1.65. The van der Waals surface area contributed by atoms with Crippen LogP contribution >= 0.6 is 15.9 Å². The zero-order valence-electron chi connectivity index (χ0n) is 9.75. The van der Waals surface area contributed by atoms with Crippen LogP contribution in [0.15, 0.2) is 52.0 Å². The molecular formula is C13H10BrNO3S. The van der Waals surface area contributed by atoms with E-state index in [0.29, 0.717) is 10.6 Å². The zero-order chi connectivity index (χ0) is 13.8. The first kappa shape index (κ1) is 13.9. The van der Waals surface area contributed by atoms with Crippen LogP contribution in [-0.2, 0) is 16.6 Å². The second-order valence-electron chi connectivity index (χ2n) is 3.79. The Hall–Kier alpha value is -1.53. The van der Waals surface area contributed by atoms with Gasteiger partial charge in [-0.25, -0.2) is 4.79 Å². The number of aromatic carboxylic acids is 1. The van der Waals surface area contributed by atoms with Gasteiger partial charge in [0.05, 0.1) is 27.8 Å². The summed E-state index contributed by atoms with van der Waals surface area (Å²) in [7, 11) is -1.23. The van der Waals surface area contributed by atoms with Gasteiger partial charge in [0.25, 0.3) is 0 Å². The van der Waals surface area contributed by atoms with Crippen LogP contribution in [0.2, 0.25) is 0 Å². The topological polar surface area (TPSA) is 67.3 Å². The number of pyridine rings is 1. The number of aromatic nitrogens is 1. The van der Waals surface area contributed by atoms with Gasteiger partial charge in [0.1, 0.15) is 0 Å². The Kier molecular flexibility index (Phi) is 4.44. The molecule has 4 nitrogen and oxygen atoms in total. The molecule has 0 fully saturated rings. The van der Waals surface area contributed by atoms with Crippen LogP contribution in [0.4, 0.5) is 0 Å². The van der Waals surface area contributed by atoms with Crippen LogP contribution in [0, 0.1) is 0 Å². The summed E-state index contributed by atoms with van der Waals surface area (Å²) in [6.45, 7) is 0. The number of hydrogen-bond acceptors (Lipinski definition) is 3. The van der Waals surface area contributed by atoms with E-state index in [9.17, 15) is 9.00 Å². The number of rotatable bonds is 4. The van der Waals surface area contributed by atoms with Crippen LogP contribution in [0.5, 0.6) is 0 Å². The minimum Gasteiger partial charge on any atom is -0.478 e. The largest absolute Gasteiger partial charge is 0.478 e. The monoisotopic (exact) mass is 339 g/mol. The SMILES string of the molecule is O=C(O)c1ccc(S(=O)Cc2ccc(Br)cn2)cc1. The third-order valence-corrected chi connectivity index (χ3v) is 4.26. The van der Waals surface area contributed by atoms with Crippen molar-refractivity contribution in [3.8, 4) is 0 Å². The fourth-order valence-corrected chi connectivity index (χ4v) is 2.74. The van der Waals surface area contributed by atoms with E-state index < -0.39 is 16.8 Å². The van der Waals surface area contributed by atoms with Crippen molar-refractivity contribution in [3.63, 3.8) is 0 Å². The molecule has 1 aromatic carbocycles. The molecule has 0 saturated heterocycles. The van der Waals surface area contributed by atoms with Crippen molar-refractivity contribution in [2.75, 3.05) is 0 Å². The highest BCUT2D eigenvalue weighted by Crippen LogP contribution is 2.14. The number of hydrogen-bond donors (Lipinski definition) is 1. The van der Waals surface area contributed by atoms with Crippen molar-refractivity contribution < 1.29 is 14.1 Å². The van der Waals surface area contributed by atoms with Crippen molar-refractivity contribution in [3.05, 3.63) is 58.3 Å². The zero-order valence-corrected chi connectivity index (χ0v) is 12.1. The Morgan fingerprint density at radius 3 is 2.42 bits per heavy atom. The summed E-state index contributed by atoms with van der Waals surface area (Å²) in [4.78, 5) is 15.5. The Morgan fingerprint density at radius 1 is 1.21 bits per heavy atom. The van der Waals surface area contributed by atoms with Crippen molar-refractivity contribution in [2.24, 2.45) is 0 Å². The van der Waals surface area contributed by atoms with Gasteiger partial charge in [0.2, 0.25) is 0 Å². The summed E-state index contributed by atoms with van der Waals surface area (Å²) in [5.41, 5.74) is 0.909. The number of benzene rings is 1. The van der Waals surface area contributed by atoms with Gasteiger partial charge >= 0.3 is 5.97 Å². The lowest BCUT2D eigenvalue weighted by molar-refractivity contribution is 0.0697. The predicted octanol–water partition coefficient (Wildman–Crippen LogP) is 2.85. The highest BCUT2D eigenvalue weighted by Gasteiger charge is 2.08. The van der Waals surface area contributed by atoms with E-state index in [4.69, 9.17) is 5.11 Å². The van der Waals surface area contributed by atoms with E-state index in [-0.39, 0.29) is 5.56 Å². The first-order valence-corrected chi connectivity index (χ1v) is 7.49. The van der Waals surface area contributed by atoms with Crippen molar-refractivity contribution in [1.82, 2.24) is 4.98 Å². The van der Waals surface area contributed by atoms with E-state index in [1.165, 1.54) is 12.1 Å². The molecule has 6 heteroatoms. The van der Waals surface area contributed by atoms with Crippen LogP contribution in [0.3, 0.4) is 0 Å². The average molecular weight is 340 g/mol. The van der Waals surface area contributed by atoms with Gasteiger partial charge in [-0.1, -0.05) is 0 Å². The molecule has 0 spiro atoms. The van der Waals surface area contributed by atoms with Gasteiger partial charge in [-0.3, -0.25) is 9.19 Å². The second-order valence-corrected chi connectivity index (χ2v) is 6.15. The van der Waals surface area contributed by atoms with Gasteiger partial charge in [-0.2, -0.15) is 0 Å². The fraction of sp³-hybridized carbons (Fsp3) is 0.0769. The maximum Gasteiger partial charge on any atom is 0.335 e. The molecule has 0 amide bonds. The van der Waals surface area contributed by atoms with Crippen molar-refractivity contribution in [2.45, 2.75) is 10.6 Å². The Bertz CT molecular complexity index is 611. The molecular weight excluding hydrogens is 330 g/mol. The number of carbonyl (C=O) groups is 1. The smallest absolute Gasteiger partial charge is 0.335 e. The lowest BCUT2D eigenvalue weighted by Gasteiger charge is -2.03. The minimum absolute atomic E-state index is 0.183. The lowest BCUT2D eigenvalue weighted by Crippen LogP contribution is -2.00. The summed E-state index contributed by atoms with van der Waals surface area (Å²) in [5, 5.41) is 8.79. The number of carboxylic acid groups (broad SMARTS) is 1. The molecule has 2 rings (SSSR count). The van der Waals surface area contributed by atoms with Gasteiger partial charge in [0, 0.05) is 15.6 Å². The standard InChI is InChI=1S/C13H10BrNO3S/c14-10-3-4-11(15-7-10)8-19(18)12-5-1-9(2-6-12)13(16)17/h1-7H,8H2,(H,16,17). The van der Waals surface area contributed by atoms with Crippen LogP contribution in [0.25, 0.3) is 0 Å². The first-order valence-electron chi connectivity index (χ1n) is 5.38. The normalized spacial score (nSPS) is 12.1. The van der Waals surface area contributed by atoms with E-state index in [1.54, 1.807) is 24.4 Å². The third kappa shape index (κ3) is 3.71. The predicted molar refractivity (Wildman–Crippen MR) is 75.5 cm³/mol. The molecule has 1 N–H and O–H groups in total. The molecule has 19 heavy (non-hydrogen) atoms.